The summed E-state index contributed by atoms with van der Waals surface area (Å²) in [5.74, 6) is -3.85. The first kappa shape index (κ1) is 43.3. The van der Waals surface area contributed by atoms with E-state index in [1.807, 2.05) is 9.44 Å². The first-order chi connectivity index (χ1) is 24.1. The molecule has 2 atom stereocenters. The topological polar surface area (TPSA) is 336 Å². The normalized spacial score (nSPS) is 19.0. The van der Waals surface area contributed by atoms with Gasteiger partial charge in [-0.2, -0.15) is 16.8 Å². The Balaban J connectivity index is 2.01. The lowest BCUT2D eigenvalue weighted by molar-refractivity contribution is -0.116. The molecule has 0 heterocycles. The van der Waals surface area contributed by atoms with Gasteiger partial charge in [0.05, 0.1) is 34.3 Å². The highest BCUT2D eigenvalue weighted by atomic mass is 35.5. The van der Waals surface area contributed by atoms with Crippen molar-refractivity contribution in [3.63, 3.8) is 0 Å². The molecule has 2 aromatic rings. The van der Waals surface area contributed by atoms with E-state index < -0.39 is 108 Å². The number of ketones is 2. The molecule has 0 bridgehead atoms. The minimum atomic E-state index is -4.50. The minimum Gasteiger partial charge on any atom is -0.383 e. The average Bonchev–Trinajstić information content (AvgIpc) is 3.04. The summed E-state index contributed by atoms with van der Waals surface area (Å²) in [7, 11) is -17.9. The summed E-state index contributed by atoms with van der Waals surface area (Å²) >= 11 is 12.7. The molecule has 288 valence electrons. The monoisotopic (exact) mass is 848 g/mol. The number of carbonyl (C=O) groups excluding carboxylic acids is 2. The fourth-order valence-electron chi connectivity index (χ4n) is 4.34. The number of nitrogens with zero attached hydrogens (tertiary/aromatic N) is 2. The van der Waals surface area contributed by atoms with Crippen molar-refractivity contribution in [2.24, 2.45) is 21.5 Å². The van der Waals surface area contributed by atoms with Crippen molar-refractivity contribution in [1.82, 2.24) is 9.44 Å². The molecule has 2 unspecified atom stereocenters. The predicted octanol–water partition coefficient (Wildman–Crippen LogP) is -1.03. The van der Waals surface area contributed by atoms with E-state index in [9.17, 15) is 43.3 Å². The summed E-state index contributed by atoms with van der Waals surface area (Å²) in [4.78, 5) is 34.1. The highest BCUT2D eigenvalue weighted by Crippen LogP contribution is 2.31. The van der Waals surface area contributed by atoms with E-state index in [1.54, 1.807) is 0 Å². The number of hydrogen-bond acceptors (Lipinski definition) is 16. The first-order valence-corrected chi connectivity index (χ1v) is 21.8. The number of alkyl halides is 2. The molecule has 0 aliphatic heterocycles. The van der Waals surface area contributed by atoms with E-state index in [0.29, 0.717) is 0 Å². The zero-order valence-electron chi connectivity index (χ0n) is 26.7. The van der Waals surface area contributed by atoms with Gasteiger partial charge < -0.3 is 22.1 Å². The minimum absolute atomic E-state index is 0.0196. The lowest BCUT2D eigenvalue weighted by atomic mass is 9.92. The van der Waals surface area contributed by atoms with Crippen molar-refractivity contribution in [3.05, 3.63) is 36.4 Å². The van der Waals surface area contributed by atoms with Gasteiger partial charge in [0.1, 0.15) is 32.0 Å². The third-order valence-electron chi connectivity index (χ3n) is 6.68. The van der Waals surface area contributed by atoms with Gasteiger partial charge in [0.15, 0.2) is 0 Å². The highest BCUT2D eigenvalue weighted by Gasteiger charge is 2.44. The number of sulfonamides is 2. The Labute approximate surface area is 309 Å². The molecule has 0 spiro atoms. The molecule has 2 aromatic carbocycles. The Morgan fingerprint density at radius 1 is 0.615 bits per heavy atom. The number of benzene rings is 2. The molecular formula is C26H34Cl2N8O12S4. The zero-order valence-corrected chi connectivity index (χ0v) is 31.5. The smallest absolute Gasteiger partial charge is 0.266 e. The third kappa shape index (κ3) is 11.9. The average molecular weight is 850 g/mol. The number of halogens is 2. The molecule has 3 rings (SSSR count). The largest absolute Gasteiger partial charge is 0.383 e. The number of nitrogens with two attached hydrogens (primary N) is 2. The number of carbonyl (C=O) groups is 2. The van der Waals surface area contributed by atoms with Crippen molar-refractivity contribution >= 4 is 109 Å². The Kier molecular flexibility index (Phi) is 14.8. The summed E-state index contributed by atoms with van der Waals surface area (Å²) in [5.41, 5.74) is 9.52. The third-order valence-corrected chi connectivity index (χ3v) is 11.9. The molecule has 0 amide bonds. The maximum atomic E-state index is 13.4. The van der Waals surface area contributed by atoms with E-state index in [0.717, 1.165) is 12.1 Å². The Morgan fingerprint density at radius 2 is 0.962 bits per heavy atom. The Morgan fingerprint density at radius 3 is 1.27 bits per heavy atom. The van der Waals surface area contributed by atoms with Gasteiger partial charge in [-0.15, -0.1) is 23.2 Å². The molecule has 20 nitrogen and oxygen atoms in total. The number of hydrogen-bond donors (Lipinski definition) is 8. The molecule has 26 heteroatoms. The molecular weight excluding hydrogens is 816 g/mol. The lowest BCUT2D eigenvalue weighted by Gasteiger charge is -2.23. The molecule has 1 saturated carbocycles. The molecule has 52 heavy (non-hydrogen) atoms. The Bertz CT molecular complexity index is 2050. The van der Waals surface area contributed by atoms with Crippen LogP contribution in [0.5, 0.6) is 0 Å². The van der Waals surface area contributed by atoms with Crippen LogP contribution in [-0.4, -0.2) is 127 Å². The first-order valence-electron chi connectivity index (χ1n) is 14.7. The van der Waals surface area contributed by atoms with Crippen LogP contribution in [0.2, 0.25) is 0 Å². The molecule has 1 aliphatic carbocycles. The van der Waals surface area contributed by atoms with Crippen LogP contribution in [0.3, 0.4) is 0 Å². The molecule has 10 N–H and O–H groups in total. The van der Waals surface area contributed by atoms with E-state index in [1.165, 1.54) is 24.3 Å². The maximum absolute atomic E-state index is 13.4. The van der Waals surface area contributed by atoms with Crippen molar-refractivity contribution < 1.29 is 52.4 Å². The zero-order chi connectivity index (χ0) is 39.1. The van der Waals surface area contributed by atoms with Gasteiger partial charge in [-0.05, 0) is 36.4 Å². The van der Waals surface area contributed by atoms with Gasteiger partial charge in [-0.25, -0.2) is 36.3 Å². The fourth-order valence-corrected chi connectivity index (χ4v) is 8.32. The molecule has 0 saturated heterocycles. The van der Waals surface area contributed by atoms with Crippen molar-refractivity contribution in [1.29, 1.82) is 0 Å². The molecule has 1 aliphatic rings. The van der Waals surface area contributed by atoms with Crippen LogP contribution in [0.1, 0.15) is 0 Å². The number of Topliss-reactive ketones (excluding diaryl/α,β-unsaturated/α-hetero) is 2. The van der Waals surface area contributed by atoms with Crippen LogP contribution in [0.15, 0.2) is 56.2 Å². The van der Waals surface area contributed by atoms with Gasteiger partial charge in [0.25, 0.3) is 20.2 Å². The van der Waals surface area contributed by atoms with Crippen molar-refractivity contribution in [2.45, 2.75) is 20.5 Å². The molecule has 1 fully saturated rings. The highest BCUT2D eigenvalue weighted by molar-refractivity contribution is 7.90. The van der Waals surface area contributed by atoms with Crippen molar-refractivity contribution in [2.75, 3.05) is 61.4 Å². The second-order valence-corrected chi connectivity index (χ2v) is 18.1. The summed E-state index contributed by atoms with van der Waals surface area (Å²) in [6.07, 6.45) is 0. The van der Waals surface area contributed by atoms with Crippen LogP contribution >= 0.6 is 23.2 Å². The lowest BCUT2D eigenvalue weighted by Crippen LogP contribution is -2.50. The quantitative estimate of drug-likeness (QED) is 0.0657. The van der Waals surface area contributed by atoms with Crippen LogP contribution in [0, 0.1) is 0 Å². The standard InChI is InChI=1S/C26H34Cl2N8O12S4/c27-21-23(35-15-1-3-17(31-7-5-29)19(13-15)51(45,46)33-9-11-49(39,40)41)25(37)22(28)24(26(21)38)36-16-2-4-18(32-8-6-30)20(14-16)52(47,48)34-10-12-50(42,43)44/h1-4,13-14,21-22,31-34H,5-12,29-30H2,(H,39,40,41)(H,42,43,44). The second kappa shape index (κ2) is 17.8. The van der Waals surface area contributed by atoms with Crippen molar-refractivity contribution in [3.8, 4) is 0 Å². The van der Waals surface area contributed by atoms with Gasteiger partial charge >= 0.3 is 0 Å². The summed E-state index contributed by atoms with van der Waals surface area (Å²) < 4.78 is 119. The van der Waals surface area contributed by atoms with E-state index in [-0.39, 0.29) is 48.9 Å². The van der Waals surface area contributed by atoms with Crippen LogP contribution in [0.25, 0.3) is 0 Å². The SMILES string of the molecule is NCCNc1ccc(N=C2C(=O)C(Cl)C(=Nc3ccc(NCCN)c(S(=O)(=O)NCCS(=O)(=O)O)c3)C(=O)C2Cl)cc1S(=O)(=O)NCCS(=O)(=O)O. The number of anilines is 2. The van der Waals surface area contributed by atoms with E-state index in [4.69, 9.17) is 43.8 Å². The predicted molar refractivity (Wildman–Crippen MR) is 195 cm³/mol. The summed E-state index contributed by atoms with van der Waals surface area (Å²) in [6.45, 7) is -0.919. The number of aliphatic imine (C=N–C) groups is 2. The summed E-state index contributed by atoms with van der Waals surface area (Å²) in [6, 6.07) is 7.10. The summed E-state index contributed by atoms with van der Waals surface area (Å²) in [5, 5.41) is 1.98. The molecule has 0 aromatic heterocycles. The fraction of sp³-hybridized carbons (Fsp3) is 0.385. The van der Waals surface area contributed by atoms with Crippen LogP contribution in [-0.2, 0) is 49.9 Å². The Hall–Kier alpha value is -3.14. The van der Waals surface area contributed by atoms with Gasteiger partial charge in [-0.1, -0.05) is 0 Å². The van der Waals surface area contributed by atoms with E-state index >= 15 is 0 Å². The second-order valence-electron chi connectivity index (χ2n) is 10.6. The number of rotatable bonds is 18. The molecule has 0 radical (unpaired) electrons. The van der Waals surface area contributed by atoms with Gasteiger partial charge in [0, 0.05) is 39.3 Å². The van der Waals surface area contributed by atoms with E-state index in [2.05, 4.69) is 20.6 Å². The van der Waals surface area contributed by atoms with Crippen LogP contribution < -0.4 is 31.5 Å². The van der Waals surface area contributed by atoms with Gasteiger partial charge in [0.2, 0.25) is 31.6 Å². The maximum Gasteiger partial charge on any atom is 0.266 e. The number of nitrogens with one attached hydrogen (secondary N) is 4. The van der Waals surface area contributed by atoms with Crippen LogP contribution in [0.4, 0.5) is 22.7 Å². The van der Waals surface area contributed by atoms with Gasteiger partial charge in [-0.3, -0.25) is 18.7 Å².